The van der Waals surface area contributed by atoms with E-state index >= 15 is 0 Å². The molecule has 2 aromatic rings. The number of phenols is 1. The maximum Gasteiger partial charge on any atom is 0.326 e. The predicted molar refractivity (Wildman–Crippen MR) is 80.5 cm³/mol. The highest BCUT2D eigenvalue weighted by Gasteiger charge is 2.36. The average molecular weight is 319 g/mol. The minimum absolute atomic E-state index is 0.108. The molecule has 0 atom stereocenters. The number of nitrogens with zero attached hydrogens (tertiary/aromatic N) is 2. The smallest absolute Gasteiger partial charge is 0.326 e. The zero-order valence-electron chi connectivity index (χ0n) is 11.6. The molecule has 7 nitrogen and oxygen atoms in total. The van der Waals surface area contributed by atoms with Crippen LogP contribution in [0, 0.1) is 6.92 Å². The first kappa shape index (κ1) is 14.3. The average Bonchev–Trinajstić information content (AvgIpc) is 2.72. The molecule has 22 heavy (non-hydrogen) atoms. The molecule has 1 amide bonds. The summed E-state index contributed by atoms with van der Waals surface area (Å²) in [6.45, 7) is 1.34. The van der Waals surface area contributed by atoms with Crippen molar-refractivity contribution in [2.75, 3.05) is 10.8 Å². The van der Waals surface area contributed by atoms with Gasteiger partial charge in [-0.05, 0) is 47.9 Å². The lowest BCUT2D eigenvalue weighted by Gasteiger charge is -2.19. The van der Waals surface area contributed by atoms with E-state index in [1.165, 1.54) is 6.07 Å². The maximum absolute atomic E-state index is 11.9. The fraction of sp³-hybridized carbons (Fsp3) is 0.143. The van der Waals surface area contributed by atoms with Crippen LogP contribution < -0.4 is 9.03 Å². The first-order chi connectivity index (χ1) is 10.4. The summed E-state index contributed by atoms with van der Waals surface area (Å²) < 4.78 is 26.6. The van der Waals surface area contributed by atoms with E-state index in [1.54, 1.807) is 37.5 Å². The molecule has 3 rings (SSSR count). The van der Waals surface area contributed by atoms with Gasteiger partial charge in [-0.2, -0.15) is 8.42 Å². The van der Waals surface area contributed by atoms with Gasteiger partial charge in [-0.25, -0.2) is 9.03 Å². The van der Waals surface area contributed by atoms with E-state index in [9.17, 15) is 18.3 Å². The monoisotopic (exact) mass is 319 g/mol. The first-order valence-electron chi connectivity index (χ1n) is 6.46. The lowest BCUT2D eigenvalue weighted by molar-refractivity contribution is -0.117. The van der Waals surface area contributed by atoms with Crippen LogP contribution in [0.5, 0.6) is 5.75 Å². The summed E-state index contributed by atoms with van der Waals surface area (Å²) in [6, 6.07) is 6.79. The number of phenolic OH excluding ortho intramolecular Hbond substituents is 1. The minimum Gasteiger partial charge on any atom is -0.506 e. The number of aromatic nitrogens is 1. The van der Waals surface area contributed by atoms with E-state index in [0.717, 1.165) is 15.4 Å². The fourth-order valence-corrected chi connectivity index (χ4v) is 3.67. The molecular formula is C14H13N3O4S. The van der Waals surface area contributed by atoms with Gasteiger partial charge in [0.05, 0.1) is 5.69 Å². The van der Waals surface area contributed by atoms with Crippen molar-refractivity contribution < 1.29 is 18.3 Å². The molecule has 0 radical (unpaired) electrons. The molecule has 1 aromatic heterocycles. The van der Waals surface area contributed by atoms with Crippen molar-refractivity contribution in [1.29, 1.82) is 0 Å². The second-order valence-electron chi connectivity index (χ2n) is 4.93. The molecule has 0 spiro atoms. The Bertz CT molecular complexity index is 827. The molecule has 1 aliphatic heterocycles. The number of hydrogen-bond donors (Lipinski definition) is 2. The minimum atomic E-state index is -3.95. The number of nitrogens with one attached hydrogen (secondary N) is 1. The van der Waals surface area contributed by atoms with Crippen LogP contribution in [-0.4, -0.2) is 31.0 Å². The van der Waals surface area contributed by atoms with Gasteiger partial charge in [-0.3, -0.25) is 9.78 Å². The molecule has 114 valence electrons. The summed E-state index contributed by atoms with van der Waals surface area (Å²) >= 11 is 0. The van der Waals surface area contributed by atoms with Gasteiger partial charge in [0.2, 0.25) is 0 Å². The number of hydrogen-bond acceptors (Lipinski definition) is 5. The largest absolute Gasteiger partial charge is 0.506 e. The Labute approximate surface area is 127 Å². The second-order valence-corrected chi connectivity index (χ2v) is 6.53. The summed E-state index contributed by atoms with van der Waals surface area (Å²) in [5.41, 5.74) is 2.23. The van der Waals surface area contributed by atoms with Crippen molar-refractivity contribution in [2.45, 2.75) is 6.92 Å². The number of rotatable bonds is 2. The Balaban J connectivity index is 2.10. The standard InChI is InChI=1S/C14H13N3O4S/c1-9-6-11(10-2-4-15-5-3-10)7-12(18)14(9)17-8-13(19)16-22(17,20)21/h2-7,18H,8H2,1H3,(H,16,19). The van der Waals surface area contributed by atoms with Crippen molar-refractivity contribution in [1.82, 2.24) is 9.71 Å². The third-order valence-electron chi connectivity index (χ3n) is 3.36. The Morgan fingerprint density at radius 3 is 2.45 bits per heavy atom. The topological polar surface area (TPSA) is 99.6 Å². The van der Waals surface area contributed by atoms with Gasteiger partial charge < -0.3 is 5.11 Å². The summed E-state index contributed by atoms with van der Waals surface area (Å²) in [5.74, 6) is -0.830. The van der Waals surface area contributed by atoms with Gasteiger partial charge in [-0.15, -0.1) is 0 Å². The normalized spacial score (nSPS) is 16.6. The molecule has 1 saturated heterocycles. The molecule has 2 heterocycles. The number of benzene rings is 1. The summed E-state index contributed by atoms with van der Waals surface area (Å²) in [6.07, 6.45) is 3.26. The molecule has 0 saturated carbocycles. The number of carbonyl (C=O) groups is 1. The number of aromatic hydroxyl groups is 1. The Kier molecular flexibility index (Phi) is 3.25. The summed E-state index contributed by atoms with van der Waals surface area (Å²) in [7, 11) is -3.95. The van der Waals surface area contributed by atoms with Crippen molar-refractivity contribution >= 4 is 21.8 Å². The van der Waals surface area contributed by atoms with Crippen LogP contribution in [0.3, 0.4) is 0 Å². The van der Waals surface area contributed by atoms with Gasteiger partial charge in [0.1, 0.15) is 12.3 Å². The number of pyridine rings is 1. The molecule has 1 fully saturated rings. The van der Waals surface area contributed by atoms with Crippen molar-refractivity contribution in [3.05, 3.63) is 42.2 Å². The maximum atomic E-state index is 11.9. The van der Waals surface area contributed by atoms with Crippen LogP contribution in [0.4, 0.5) is 5.69 Å². The van der Waals surface area contributed by atoms with Gasteiger partial charge in [0.25, 0.3) is 5.91 Å². The van der Waals surface area contributed by atoms with Crippen LogP contribution >= 0.6 is 0 Å². The van der Waals surface area contributed by atoms with Gasteiger partial charge in [-0.1, -0.05) is 0 Å². The molecule has 2 N–H and O–H groups in total. The third kappa shape index (κ3) is 2.37. The number of anilines is 1. The highest BCUT2D eigenvalue weighted by atomic mass is 32.2. The number of carbonyl (C=O) groups excluding carboxylic acids is 1. The van der Waals surface area contributed by atoms with Gasteiger partial charge in [0.15, 0.2) is 0 Å². The lowest BCUT2D eigenvalue weighted by Crippen LogP contribution is -2.30. The van der Waals surface area contributed by atoms with E-state index in [1.807, 2.05) is 4.72 Å². The van der Waals surface area contributed by atoms with E-state index in [-0.39, 0.29) is 18.0 Å². The van der Waals surface area contributed by atoms with Crippen LogP contribution in [0.25, 0.3) is 11.1 Å². The highest BCUT2D eigenvalue weighted by Crippen LogP contribution is 2.37. The third-order valence-corrected chi connectivity index (χ3v) is 4.74. The Morgan fingerprint density at radius 1 is 1.23 bits per heavy atom. The van der Waals surface area contributed by atoms with E-state index < -0.39 is 16.1 Å². The van der Waals surface area contributed by atoms with Crippen molar-refractivity contribution in [3.63, 3.8) is 0 Å². The quantitative estimate of drug-likeness (QED) is 0.858. The molecule has 8 heteroatoms. The van der Waals surface area contributed by atoms with E-state index in [0.29, 0.717) is 5.56 Å². The van der Waals surface area contributed by atoms with Crippen LogP contribution in [-0.2, 0) is 15.0 Å². The van der Waals surface area contributed by atoms with E-state index in [4.69, 9.17) is 0 Å². The Morgan fingerprint density at radius 2 is 1.91 bits per heavy atom. The predicted octanol–water partition coefficient (Wildman–Crippen LogP) is 0.944. The fourth-order valence-electron chi connectivity index (χ4n) is 2.44. The van der Waals surface area contributed by atoms with Crippen molar-refractivity contribution in [2.24, 2.45) is 0 Å². The van der Waals surface area contributed by atoms with Crippen LogP contribution in [0.2, 0.25) is 0 Å². The Hall–Kier alpha value is -2.61. The lowest BCUT2D eigenvalue weighted by atomic mass is 10.0. The van der Waals surface area contributed by atoms with Gasteiger partial charge in [0, 0.05) is 12.4 Å². The van der Waals surface area contributed by atoms with Crippen molar-refractivity contribution in [3.8, 4) is 16.9 Å². The van der Waals surface area contributed by atoms with Crippen LogP contribution in [0.1, 0.15) is 5.56 Å². The summed E-state index contributed by atoms with van der Waals surface area (Å²) in [4.78, 5) is 15.3. The molecule has 0 aliphatic carbocycles. The van der Waals surface area contributed by atoms with E-state index in [2.05, 4.69) is 4.98 Å². The number of aryl methyl sites for hydroxylation is 1. The zero-order valence-corrected chi connectivity index (χ0v) is 12.5. The van der Waals surface area contributed by atoms with Gasteiger partial charge >= 0.3 is 10.2 Å². The zero-order chi connectivity index (χ0) is 15.9. The molecular weight excluding hydrogens is 306 g/mol. The SMILES string of the molecule is Cc1cc(-c2ccncc2)cc(O)c1N1CC(=O)NS1(=O)=O. The highest BCUT2D eigenvalue weighted by molar-refractivity contribution is 7.92. The molecule has 1 aliphatic rings. The second kappa shape index (κ2) is 4.99. The number of amides is 1. The molecule has 0 bridgehead atoms. The van der Waals surface area contributed by atoms with Crippen LogP contribution in [0.15, 0.2) is 36.7 Å². The molecule has 1 aromatic carbocycles. The molecule has 0 unspecified atom stereocenters. The first-order valence-corrected chi connectivity index (χ1v) is 7.90. The summed E-state index contributed by atoms with van der Waals surface area (Å²) in [5, 5.41) is 10.3.